The van der Waals surface area contributed by atoms with Gasteiger partial charge in [0.2, 0.25) is 11.7 Å². The molecule has 0 aliphatic carbocycles. The summed E-state index contributed by atoms with van der Waals surface area (Å²) in [6.07, 6.45) is 3.74. The first-order chi connectivity index (χ1) is 11.3. The van der Waals surface area contributed by atoms with Gasteiger partial charge in [0, 0.05) is 23.3 Å². The lowest BCUT2D eigenvalue weighted by Gasteiger charge is -2.00. The van der Waals surface area contributed by atoms with E-state index in [1.54, 1.807) is 13.3 Å². The number of nitrogens with zero attached hydrogens (tertiary/aromatic N) is 4. The van der Waals surface area contributed by atoms with Crippen molar-refractivity contribution in [3.8, 4) is 17.1 Å². The van der Waals surface area contributed by atoms with Crippen molar-refractivity contribution in [3.63, 3.8) is 0 Å². The SMILES string of the molecule is COc1ccc(-c2noc(Cn3ccc4cccnc43)n2)cc1. The van der Waals surface area contributed by atoms with E-state index in [0.717, 1.165) is 22.3 Å². The molecule has 4 aromatic rings. The molecule has 6 nitrogen and oxygen atoms in total. The Morgan fingerprint density at radius 3 is 2.83 bits per heavy atom. The minimum absolute atomic E-state index is 0.490. The number of pyridine rings is 1. The molecule has 0 atom stereocenters. The lowest BCUT2D eigenvalue weighted by Crippen LogP contribution is -1.99. The zero-order valence-corrected chi connectivity index (χ0v) is 12.5. The summed E-state index contributed by atoms with van der Waals surface area (Å²) >= 11 is 0. The molecule has 0 unspecified atom stereocenters. The van der Waals surface area contributed by atoms with Crippen LogP contribution in [0.3, 0.4) is 0 Å². The van der Waals surface area contributed by atoms with E-state index < -0.39 is 0 Å². The Morgan fingerprint density at radius 1 is 1.13 bits per heavy atom. The molecule has 0 N–H and O–H groups in total. The zero-order chi connectivity index (χ0) is 15.6. The van der Waals surface area contributed by atoms with E-state index in [-0.39, 0.29) is 0 Å². The Bertz CT molecular complexity index is 941. The Labute approximate surface area is 132 Å². The topological polar surface area (TPSA) is 66.0 Å². The molecular formula is C17H14N4O2. The number of hydrogen-bond acceptors (Lipinski definition) is 5. The van der Waals surface area contributed by atoms with Gasteiger partial charge >= 0.3 is 0 Å². The van der Waals surface area contributed by atoms with Crippen LogP contribution in [-0.2, 0) is 6.54 Å². The first kappa shape index (κ1) is 13.5. The molecule has 0 bridgehead atoms. The molecule has 0 saturated heterocycles. The summed E-state index contributed by atoms with van der Waals surface area (Å²) in [7, 11) is 1.64. The lowest BCUT2D eigenvalue weighted by molar-refractivity contribution is 0.372. The maximum absolute atomic E-state index is 5.36. The fourth-order valence-corrected chi connectivity index (χ4v) is 2.47. The van der Waals surface area contributed by atoms with Crippen molar-refractivity contribution in [3.05, 3.63) is 60.7 Å². The summed E-state index contributed by atoms with van der Waals surface area (Å²) < 4.78 is 12.5. The monoisotopic (exact) mass is 306 g/mol. The maximum atomic E-state index is 5.36. The smallest absolute Gasteiger partial charge is 0.246 e. The molecule has 23 heavy (non-hydrogen) atoms. The quantitative estimate of drug-likeness (QED) is 0.579. The van der Waals surface area contributed by atoms with Gasteiger partial charge in [0.25, 0.3) is 0 Å². The second kappa shape index (κ2) is 5.57. The van der Waals surface area contributed by atoms with Crippen molar-refractivity contribution in [2.24, 2.45) is 0 Å². The molecule has 0 saturated carbocycles. The minimum Gasteiger partial charge on any atom is -0.497 e. The van der Waals surface area contributed by atoms with E-state index in [9.17, 15) is 0 Å². The van der Waals surface area contributed by atoms with Gasteiger partial charge < -0.3 is 13.8 Å². The van der Waals surface area contributed by atoms with Crippen LogP contribution in [-0.4, -0.2) is 26.8 Å². The van der Waals surface area contributed by atoms with Crippen LogP contribution in [0.25, 0.3) is 22.4 Å². The zero-order valence-electron chi connectivity index (χ0n) is 12.5. The maximum Gasteiger partial charge on any atom is 0.246 e. The fourth-order valence-electron chi connectivity index (χ4n) is 2.47. The van der Waals surface area contributed by atoms with E-state index in [1.165, 1.54) is 0 Å². The standard InChI is InChI=1S/C17H14N4O2/c1-22-14-6-4-12(5-7-14)16-19-15(23-20-16)11-21-10-8-13-3-2-9-18-17(13)21/h2-10H,11H2,1H3. The minimum atomic E-state index is 0.490. The van der Waals surface area contributed by atoms with Crippen LogP contribution < -0.4 is 4.74 Å². The van der Waals surface area contributed by atoms with Gasteiger partial charge in [-0.2, -0.15) is 4.98 Å². The summed E-state index contributed by atoms with van der Waals surface area (Å²) in [6, 6.07) is 13.5. The van der Waals surface area contributed by atoms with Gasteiger partial charge in [-0.05, 0) is 42.5 Å². The third kappa shape index (κ3) is 2.55. The van der Waals surface area contributed by atoms with Gasteiger partial charge in [0.05, 0.1) is 7.11 Å². The highest BCUT2D eigenvalue weighted by atomic mass is 16.5. The highest BCUT2D eigenvalue weighted by molar-refractivity contribution is 5.75. The van der Waals surface area contributed by atoms with E-state index in [2.05, 4.69) is 15.1 Å². The van der Waals surface area contributed by atoms with Crippen LogP contribution in [0, 0.1) is 0 Å². The molecule has 0 spiro atoms. The van der Waals surface area contributed by atoms with Crippen molar-refractivity contribution in [2.75, 3.05) is 7.11 Å². The normalized spacial score (nSPS) is 11.0. The Balaban J connectivity index is 1.60. The second-order valence-corrected chi connectivity index (χ2v) is 5.10. The molecule has 0 fully saturated rings. The average molecular weight is 306 g/mol. The molecule has 0 radical (unpaired) electrons. The van der Waals surface area contributed by atoms with Crippen LogP contribution in [0.1, 0.15) is 5.89 Å². The number of fused-ring (bicyclic) bond motifs is 1. The summed E-state index contributed by atoms with van der Waals surface area (Å²) in [4.78, 5) is 8.83. The van der Waals surface area contributed by atoms with Crippen molar-refractivity contribution in [2.45, 2.75) is 6.54 Å². The van der Waals surface area contributed by atoms with Gasteiger partial charge in [-0.1, -0.05) is 5.16 Å². The van der Waals surface area contributed by atoms with Gasteiger partial charge in [-0.15, -0.1) is 0 Å². The van der Waals surface area contributed by atoms with E-state index >= 15 is 0 Å². The van der Waals surface area contributed by atoms with E-state index in [4.69, 9.17) is 9.26 Å². The van der Waals surface area contributed by atoms with Crippen molar-refractivity contribution in [1.82, 2.24) is 19.7 Å². The van der Waals surface area contributed by atoms with Crippen LogP contribution in [0.15, 0.2) is 59.4 Å². The number of methoxy groups -OCH3 is 1. The lowest BCUT2D eigenvalue weighted by atomic mass is 10.2. The third-order valence-electron chi connectivity index (χ3n) is 3.64. The number of benzene rings is 1. The molecule has 3 heterocycles. The predicted octanol–water partition coefficient (Wildman–Crippen LogP) is 3.14. The highest BCUT2D eigenvalue weighted by Gasteiger charge is 2.11. The van der Waals surface area contributed by atoms with E-state index in [0.29, 0.717) is 18.3 Å². The van der Waals surface area contributed by atoms with Crippen LogP contribution in [0.5, 0.6) is 5.75 Å². The molecule has 1 aromatic carbocycles. The molecule has 3 aromatic heterocycles. The molecule has 4 rings (SSSR count). The Kier molecular flexibility index (Phi) is 3.27. The number of aromatic nitrogens is 4. The number of ether oxygens (including phenoxy) is 1. The first-order valence-corrected chi connectivity index (χ1v) is 7.20. The first-order valence-electron chi connectivity index (χ1n) is 7.20. The average Bonchev–Trinajstić information content (AvgIpc) is 3.23. The van der Waals surface area contributed by atoms with Gasteiger partial charge in [-0.25, -0.2) is 4.98 Å². The Morgan fingerprint density at radius 2 is 2.00 bits per heavy atom. The summed E-state index contributed by atoms with van der Waals surface area (Å²) in [6.45, 7) is 0.490. The van der Waals surface area contributed by atoms with Crippen LogP contribution >= 0.6 is 0 Å². The van der Waals surface area contributed by atoms with Gasteiger partial charge in [-0.3, -0.25) is 0 Å². The molecule has 6 heteroatoms. The molecule has 0 aliphatic rings. The molecular weight excluding hydrogens is 292 g/mol. The fraction of sp³-hybridized carbons (Fsp3) is 0.118. The summed E-state index contributed by atoms with van der Waals surface area (Å²) in [5, 5.41) is 5.13. The highest BCUT2D eigenvalue weighted by Crippen LogP contribution is 2.20. The van der Waals surface area contributed by atoms with Crippen molar-refractivity contribution in [1.29, 1.82) is 0 Å². The van der Waals surface area contributed by atoms with Crippen LogP contribution in [0.2, 0.25) is 0 Å². The number of rotatable bonds is 4. The second-order valence-electron chi connectivity index (χ2n) is 5.10. The number of hydrogen-bond donors (Lipinski definition) is 0. The summed E-state index contributed by atoms with van der Waals surface area (Å²) in [5.74, 6) is 1.90. The largest absolute Gasteiger partial charge is 0.497 e. The third-order valence-corrected chi connectivity index (χ3v) is 3.64. The summed E-state index contributed by atoms with van der Waals surface area (Å²) in [5.41, 5.74) is 1.79. The molecule has 114 valence electrons. The van der Waals surface area contributed by atoms with Crippen LogP contribution in [0.4, 0.5) is 0 Å². The molecule has 0 amide bonds. The predicted molar refractivity (Wildman–Crippen MR) is 85.1 cm³/mol. The van der Waals surface area contributed by atoms with Crippen molar-refractivity contribution >= 4 is 11.0 Å². The van der Waals surface area contributed by atoms with E-state index in [1.807, 2.05) is 53.2 Å². The van der Waals surface area contributed by atoms with Crippen molar-refractivity contribution < 1.29 is 9.26 Å². The van der Waals surface area contributed by atoms with Gasteiger partial charge in [0.1, 0.15) is 17.9 Å². The Hall–Kier alpha value is -3.15. The molecule has 0 aliphatic heterocycles. The van der Waals surface area contributed by atoms with Gasteiger partial charge in [0.15, 0.2) is 0 Å².